The van der Waals surface area contributed by atoms with Gasteiger partial charge in [-0.25, -0.2) is 10.8 Å². The van der Waals surface area contributed by atoms with Crippen molar-refractivity contribution in [1.82, 2.24) is 9.97 Å². The third kappa shape index (κ3) is 3.58. The number of ether oxygens (including phenoxy) is 1. The SMILES string of the molecule is COc1ccccc1CCNc1cc(C)nc(NN)n1. The Labute approximate surface area is 118 Å². The molecule has 0 spiro atoms. The predicted octanol–water partition coefficient (Wildman–Crippen LogP) is 1.73. The lowest BCUT2D eigenvalue weighted by Gasteiger charge is -2.10. The molecule has 4 N–H and O–H groups in total. The van der Waals surface area contributed by atoms with E-state index in [1.807, 2.05) is 31.2 Å². The Balaban J connectivity index is 1.97. The molecule has 1 heterocycles. The first-order valence-corrected chi connectivity index (χ1v) is 6.41. The van der Waals surface area contributed by atoms with Gasteiger partial charge >= 0.3 is 0 Å². The molecule has 20 heavy (non-hydrogen) atoms. The van der Waals surface area contributed by atoms with Crippen LogP contribution in [0.15, 0.2) is 30.3 Å². The minimum absolute atomic E-state index is 0.407. The van der Waals surface area contributed by atoms with Crippen LogP contribution in [0.1, 0.15) is 11.3 Å². The normalized spacial score (nSPS) is 10.2. The van der Waals surface area contributed by atoms with Gasteiger partial charge in [0.1, 0.15) is 11.6 Å². The van der Waals surface area contributed by atoms with Crippen LogP contribution in [-0.2, 0) is 6.42 Å². The molecule has 0 saturated heterocycles. The Hall–Kier alpha value is -2.34. The molecule has 0 amide bonds. The number of nitrogens with one attached hydrogen (secondary N) is 2. The number of benzene rings is 1. The molecule has 6 heteroatoms. The first-order chi connectivity index (χ1) is 9.72. The Morgan fingerprint density at radius 1 is 1.25 bits per heavy atom. The van der Waals surface area contributed by atoms with Crippen LogP contribution >= 0.6 is 0 Å². The van der Waals surface area contributed by atoms with Gasteiger partial charge in [-0.2, -0.15) is 4.98 Å². The topological polar surface area (TPSA) is 85.1 Å². The van der Waals surface area contributed by atoms with E-state index in [0.717, 1.165) is 35.8 Å². The largest absolute Gasteiger partial charge is 0.496 e. The maximum atomic E-state index is 5.33. The fourth-order valence-electron chi connectivity index (χ4n) is 1.96. The number of aryl methyl sites for hydroxylation is 1. The average Bonchev–Trinajstić information content (AvgIpc) is 2.47. The van der Waals surface area contributed by atoms with E-state index in [1.54, 1.807) is 7.11 Å². The van der Waals surface area contributed by atoms with Crippen molar-refractivity contribution in [3.8, 4) is 5.75 Å². The number of aromatic nitrogens is 2. The molecular formula is C14H19N5O. The van der Waals surface area contributed by atoms with E-state index in [4.69, 9.17) is 10.6 Å². The summed E-state index contributed by atoms with van der Waals surface area (Å²) in [6.07, 6.45) is 0.846. The lowest BCUT2D eigenvalue weighted by molar-refractivity contribution is 0.410. The molecule has 0 unspecified atom stereocenters. The molecule has 0 aliphatic rings. The van der Waals surface area contributed by atoms with Crippen LogP contribution in [0.2, 0.25) is 0 Å². The van der Waals surface area contributed by atoms with Crippen molar-refractivity contribution in [2.45, 2.75) is 13.3 Å². The number of nitrogen functional groups attached to an aromatic ring is 1. The van der Waals surface area contributed by atoms with Crippen molar-refractivity contribution in [3.05, 3.63) is 41.6 Å². The summed E-state index contributed by atoms with van der Waals surface area (Å²) in [5.74, 6) is 7.38. The molecule has 0 atom stereocenters. The highest BCUT2D eigenvalue weighted by Gasteiger charge is 2.03. The summed E-state index contributed by atoms with van der Waals surface area (Å²) >= 11 is 0. The number of nitrogens with zero attached hydrogens (tertiary/aromatic N) is 2. The van der Waals surface area contributed by atoms with Crippen LogP contribution in [0.3, 0.4) is 0 Å². The monoisotopic (exact) mass is 273 g/mol. The van der Waals surface area contributed by atoms with Gasteiger partial charge in [-0.05, 0) is 25.0 Å². The molecule has 6 nitrogen and oxygen atoms in total. The second-order valence-electron chi connectivity index (χ2n) is 4.35. The number of hydrogen-bond acceptors (Lipinski definition) is 6. The van der Waals surface area contributed by atoms with Gasteiger partial charge in [0.15, 0.2) is 0 Å². The smallest absolute Gasteiger partial charge is 0.239 e. The van der Waals surface area contributed by atoms with E-state index in [9.17, 15) is 0 Å². The number of methoxy groups -OCH3 is 1. The Bertz CT molecular complexity index is 573. The number of hydrogen-bond donors (Lipinski definition) is 3. The van der Waals surface area contributed by atoms with Crippen LogP contribution in [0.4, 0.5) is 11.8 Å². The summed E-state index contributed by atoms with van der Waals surface area (Å²) in [4.78, 5) is 8.37. The molecule has 0 aliphatic heterocycles. The Morgan fingerprint density at radius 3 is 2.80 bits per heavy atom. The Kier molecular flexibility index (Phi) is 4.73. The molecular weight excluding hydrogens is 254 g/mol. The van der Waals surface area contributed by atoms with Crippen LogP contribution in [0.25, 0.3) is 0 Å². The first-order valence-electron chi connectivity index (χ1n) is 6.41. The molecule has 0 bridgehead atoms. The summed E-state index contributed by atoms with van der Waals surface area (Å²) in [6.45, 7) is 2.65. The van der Waals surface area contributed by atoms with Gasteiger partial charge < -0.3 is 10.1 Å². The highest BCUT2D eigenvalue weighted by molar-refractivity contribution is 5.42. The third-order valence-electron chi connectivity index (χ3n) is 2.88. The van der Waals surface area contributed by atoms with Gasteiger partial charge in [-0.3, -0.25) is 5.43 Å². The van der Waals surface area contributed by atoms with Gasteiger partial charge in [0.2, 0.25) is 5.95 Å². The highest BCUT2D eigenvalue weighted by Crippen LogP contribution is 2.18. The van der Waals surface area contributed by atoms with E-state index in [-0.39, 0.29) is 0 Å². The molecule has 106 valence electrons. The molecule has 2 aromatic rings. The van der Waals surface area contributed by atoms with Gasteiger partial charge in [0.25, 0.3) is 0 Å². The predicted molar refractivity (Wildman–Crippen MR) is 79.8 cm³/mol. The molecule has 0 fully saturated rings. The molecule has 2 rings (SSSR count). The molecule has 1 aromatic carbocycles. The zero-order chi connectivity index (χ0) is 14.4. The molecule has 1 aromatic heterocycles. The van der Waals surface area contributed by atoms with Crippen LogP contribution < -0.4 is 21.3 Å². The van der Waals surface area contributed by atoms with E-state index < -0.39 is 0 Å². The van der Waals surface area contributed by atoms with E-state index in [2.05, 4.69) is 26.8 Å². The number of para-hydroxylation sites is 1. The summed E-state index contributed by atoms with van der Waals surface area (Å²) in [7, 11) is 1.68. The minimum Gasteiger partial charge on any atom is -0.496 e. The van der Waals surface area contributed by atoms with Crippen molar-refractivity contribution >= 4 is 11.8 Å². The summed E-state index contributed by atoms with van der Waals surface area (Å²) in [5.41, 5.74) is 4.46. The van der Waals surface area contributed by atoms with Crippen LogP contribution in [0.5, 0.6) is 5.75 Å². The molecule has 0 radical (unpaired) electrons. The number of rotatable bonds is 6. The second-order valence-corrected chi connectivity index (χ2v) is 4.35. The van der Waals surface area contributed by atoms with Crippen molar-refractivity contribution in [2.75, 3.05) is 24.4 Å². The van der Waals surface area contributed by atoms with Crippen molar-refractivity contribution in [1.29, 1.82) is 0 Å². The maximum Gasteiger partial charge on any atom is 0.239 e. The highest BCUT2D eigenvalue weighted by atomic mass is 16.5. The number of anilines is 2. The number of nitrogens with two attached hydrogens (primary N) is 1. The van der Waals surface area contributed by atoms with E-state index >= 15 is 0 Å². The van der Waals surface area contributed by atoms with Gasteiger partial charge in [-0.1, -0.05) is 18.2 Å². The van der Waals surface area contributed by atoms with Crippen LogP contribution in [-0.4, -0.2) is 23.6 Å². The summed E-state index contributed by atoms with van der Waals surface area (Å²) in [6, 6.07) is 9.86. The summed E-state index contributed by atoms with van der Waals surface area (Å²) < 4.78 is 5.32. The average molecular weight is 273 g/mol. The van der Waals surface area contributed by atoms with Gasteiger partial charge in [-0.15, -0.1) is 0 Å². The third-order valence-corrected chi connectivity index (χ3v) is 2.88. The van der Waals surface area contributed by atoms with Crippen molar-refractivity contribution in [3.63, 3.8) is 0 Å². The fraction of sp³-hybridized carbons (Fsp3) is 0.286. The lowest BCUT2D eigenvalue weighted by Crippen LogP contribution is -2.13. The lowest BCUT2D eigenvalue weighted by atomic mass is 10.1. The summed E-state index contributed by atoms with van der Waals surface area (Å²) in [5, 5.41) is 3.26. The zero-order valence-corrected chi connectivity index (χ0v) is 11.7. The Morgan fingerprint density at radius 2 is 2.05 bits per heavy atom. The maximum absolute atomic E-state index is 5.33. The second kappa shape index (κ2) is 6.72. The molecule has 0 saturated carbocycles. The minimum atomic E-state index is 0.407. The van der Waals surface area contributed by atoms with Gasteiger partial charge in [0.05, 0.1) is 7.11 Å². The van der Waals surface area contributed by atoms with E-state index in [0.29, 0.717) is 5.95 Å². The number of hydrazine groups is 1. The van der Waals surface area contributed by atoms with Crippen molar-refractivity contribution in [2.24, 2.45) is 5.84 Å². The van der Waals surface area contributed by atoms with Crippen molar-refractivity contribution < 1.29 is 4.74 Å². The standard InChI is InChI=1S/C14H19N5O/c1-10-9-13(18-14(17-10)19-15)16-8-7-11-5-3-4-6-12(11)20-2/h3-6,9H,7-8,15H2,1-2H3,(H2,16,17,18,19). The van der Waals surface area contributed by atoms with Crippen LogP contribution in [0, 0.1) is 6.92 Å². The van der Waals surface area contributed by atoms with E-state index in [1.165, 1.54) is 0 Å². The van der Waals surface area contributed by atoms with Gasteiger partial charge in [0, 0.05) is 18.3 Å². The first kappa shape index (κ1) is 14.1. The quantitative estimate of drug-likeness (QED) is 0.549. The molecule has 0 aliphatic carbocycles. The zero-order valence-electron chi connectivity index (χ0n) is 11.7. The fourth-order valence-corrected chi connectivity index (χ4v) is 1.96.